The molecule has 182 valence electrons. The average Bonchev–Trinajstić information content (AvgIpc) is 3.31. The van der Waals surface area contributed by atoms with Crippen molar-refractivity contribution in [3.05, 3.63) is 12.7 Å². The second-order valence-electron chi connectivity index (χ2n) is 6.88. The van der Waals surface area contributed by atoms with Crippen molar-refractivity contribution in [2.24, 2.45) is 0 Å². The number of alkyl halides is 3. The second kappa shape index (κ2) is 10.3. The zero-order valence-electron chi connectivity index (χ0n) is 17.2. The molecule has 1 fully saturated rings. The van der Waals surface area contributed by atoms with Crippen LogP contribution in [0.25, 0.3) is 11.2 Å². The van der Waals surface area contributed by atoms with Crippen LogP contribution in [0, 0.1) is 0 Å². The van der Waals surface area contributed by atoms with E-state index in [9.17, 15) is 33.0 Å². The van der Waals surface area contributed by atoms with Gasteiger partial charge in [0.15, 0.2) is 23.2 Å². The largest absolute Gasteiger partial charge is 0.471 e. The third-order valence-corrected chi connectivity index (χ3v) is 4.55. The van der Waals surface area contributed by atoms with Crippen LogP contribution in [-0.2, 0) is 23.8 Å². The molecule has 4 atom stereocenters. The predicted octanol–water partition coefficient (Wildman–Crippen LogP) is -0.927. The molecule has 1 aliphatic heterocycles. The molecule has 0 radical (unpaired) electrons. The number of aromatic nitrogens is 4. The van der Waals surface area contributed by atoms with Crippen molar-refractivity contribution in [1.82, 2.24) is 24.8 Å². The highest BCUT2D eigenvalue weighted by molar-refractivity contribution is 5.95. The van der Waals surface area contributed by atoms with Crippen LogP contribution in [-0.4, -0.2) is 92.6 Å². The van der Waals surface area contributed by atoms with Crippen LogP contribution in [0.3, 0.4) is 0 Å². The van der Waals surface area contributed by atoms with E-state index in [1.54, 1.807) is 5.32 Å². The van der Waals surface area contributed by atoms with E-state index in [4.69, 9.17) is 14.2 Å². The molecule has 2 amide bonds. The highest BCUT2D eigenvalue weighted by Gasteiger charge is 2.46. The van der Waals surface area contributed by atoms with Crippen molar-refractivity contribution in [2.45, 2.75) is 37.6 Å². The quantitative estimate of drug-likeness (QED) is 0.261. The maximum absolute atomic E-state index is 12.1. The molecular weight excluding hydrogens is 457 g/mol. The first-order valence-corrected chi connectivity index (χ1v) is 9.57. The number of aliphatic hydroxyl groups is 2. The van der Waals surface area contributed by atoms with Crippen molar-refractivity contribution < 1.29 is 47.2 Å². The van der Waals surface area contributed by atoms with Gasteiger partial charge in [-0.25, -0.2) is 15.0 Å². The fraction of sp³-hybridized carbons (Fsp3) is 0.588. The van der Waals surface area contributed by atoms with Gasteiger partial charge in [-0.2, -0.15) is 13.2 Å². The Balaban J connectivity index is 1.66. The lowest BCUT2D eigenvalue weighted by Gasteiger charge is -2.22. The zero-order valence-corrected chi connectivity index (χ0v) is 17.2. The number of ether oxygens (including phenoxy) is 3. The number of aliphatic hydroxyl groups excluding tert-OH is 2. The molecule has 13 nitrogen and oxygen atoms in total. The molecule has 2 aromatic heterocycles. The summed E-state index contributed by atoms with van der Waals surface area (Å²) in [6.45, 7) is -0.392. The summed E-state index contributed by atoms with van der Waals surface area (Å²) in [6.07, 6.45) is -6.88. The summed E-state index contributed by atoms with van der Waals surface area (Å²) in [7, 11) is 0. The van der Waals surface area contributed by atoms with Gasteiger partial charge in [-0.1, -0.05) is 0 Å². The van der Waals surface area contributed by atoms with Crippen LogP contribution in [0.5, 0.6) is 0 Å². The minimum atomic E-state index is -4.99. The Kier molecular flexibility index (Phi) is 7.75. The molecule has 0 unspecified atom stereocenters. The minimum Gasteiger partial charge on any atom is -0.394 e. The van der Waals surface area contributed by atoms with Gasteiger partial charge in [-0.3, -0.25) is 14.2 Å². The van der Waals surface area contributed by atoms with E-state index in [-0.39, 0.29) is 29.5 Å². The van der Waals surface area contributed by atoms with Gasteiger partial charge in [-0.05, 0) is 0 Å². The predicted molar refractivity (Wildman–Crippen MR) is 101 cm³/mol. The Bertz CT molecular complexity index is 988. The molecule has 1 aliphatic rings. The Hall–Kier alpha value is -2.92. The Morgan fingerprint density at radius 2 is 2.06 bits per heavy atom. The van der Waals surface area contributed by atoms with Crippen LogP contribution in [0.15, 0.2) is 12.7 Å². The monoisotopic (exact) mass is 478 g/mol. The molecular formula is C17H21F3N6O7. The second-order valence-corrected chi connectivity index (χ2v) is 6.88. The van der Waals surface area contributed by atoms with E-state index >= 15 is 0 Å². The molecule has 4 N–H and O–H groups in total. The van der Waals surface area contributed by atoms with Gasteiger partial charge in [0.1, 0.15) is 31.4 Å². The maximum Gasteiger partial charge on any atom is 0.471 e. The number of rotatable bonds is 9. The Morgan fingerprint density at radius 3 is 2.73 bits per heavy atom. The summed E-state index contributed by atoms with van der Waals surface area (Å²) >= 11 is 0. The molecule has 0 saturated carbocycles. The highest BCUT2D eigenvalue weighted by atomic mass is 19.4. The lowest BCUT2D eigenvalue weighted by molar-refractivity contribution is -0.174. The number of imidazole rings is 1. The molecule has 3 rings (SSSR count). The molecule has 16 heteroatoms. The number of hydrogen-bond donors (Lipinski definition) is 4. The number of nitrogens with one attached hydrogen (secondary N) is 2. The first-order chi connectivity index (χ1) is 15.6. The maximum atomic E-state index is 12.1. The van der Waals surface area contributed by atoms with E-state index < -0.39 is 56.6 Å². The number of amides is 2. The minimum absolute atomic E-state index is 0.158. The molecule has 2 aromatic rings. The van der Waals surface area contributed by atoms with Crippen LogP contribution in [0.4, 0.5) is 19.0 Å². The van der Waals surface area contributed by atoms with E-state index in [1.165, 1.54) is 24.1 Å². The van der Waals surface area contributed by atoms with E-state index in [0.29, 0.717) is 0 Å². The van der Waals surface area contributed by atoms with E-state index in [1.807, 2.05) is 0 Å². The van der Waals surface area contributed by atoms with Crippen molar-refractivity contribution in [3.63, 3.8) is 0 Å². The average molecular weight is 478 g/mol. The summed E-state index contributed by atoms with van der Waals surface area (Å²) in [5, 5.41) is 24.1. The van der Waals surface area contributed by atoms with Crippen molar-refractivity contribution >= 4 is 28.8 Å². The van der Waals surface area contributed by atoms with Gasteiger partial charge in [0, 0.05) is 13.5 Å². The zero-order chi connectivity index (χ0) is 24.2. The standard InChI is InChI=1S/C17H21F3N6O7/c1-8(28)25-13-10-14(23-5-22-13)26(6-24-10)15-12(11(29)9(4-27)33-15)32-7-31-3-2-21-16(30)17(18,19)20/h5-6,9,11-12,15,27,29H,2-4,7H2,1H3,(H,21,30)(H,22,23,25,28)/t9-,11-,12-,15-/m1/s1. The smallest absolute Gasteiger partial charge is 0.394 e. The van der Waals surface area contributed by atoms with E-state index in [2.05, 4.69) is 20.3 Å². The third kappa shape index (κ3) is 5.72. The topological polar surface area (TPSA) is 170 Å². The van der Waals surface area contributed by atoms with Gasteiger partial charge in [-0.15, -0.1) is 0 Å². The lowest BCUT2D eigenvalue weighted by atomic mass is 10.1. The van der Waals surface area contributed by atoms with Gasteiger partial charge >= 0.3 is 12.1 Å². The number of halogens is 3. The molecule has 1 saturated heterocycles. The lowest BCUT2D eigenvalue weighted by Crippen LogP contribution is -2.39. The number of carbonyl (C=O) groups is 2. The van der Waals surface area contributed by atoms with Crippen LogP contribution >= 0.6 is 0 Å². The van der Waals surface area contributed by atoms with Gasteiger partial charge < -0.3 is 35.1 Å². The molecule has 0 bridgehead atoms. The molecule has 3 heterocycles. The van der Waals surface area contributed by atoms with Crippen LogP contribution in [0.2, 0.25) is 0 Å². The molecule has 0 aromatic carbocycles. The summed E-state index contributed by atoms with van der Waals surface area (Å²) in [5.74, 6) is -2.31. The number of anilines is 1. The summed E-state index contributed by atoms with van der Waals surface area (Å²) < 4.78 is 54.1. The fourth-order valence-electron chi connectivity index (χ4n) is 3.09. The first kappa shape index (κ1) is 24.7. The SMILES string of the molecule is CC(=O)Nc1ncnc2c1ncn2[C@@H]1O[C@H](CO)[C@@H](O)[C@H]1OCOCCNC(=O)C(F)(F)F. The van der Waals surface area contributed by atoms with Crippen molar-refractivity contribution in [1.29, 1.82) is 0 Å². The van der Waals surface area contributed by atoms with Crippen LogP contribution < -0.4 is 10.6 Å². The third-order valence-electron chi connectivity index (χ3n) is 4.55. The first-order valence-electron chi connectivity index (χ1n) is 9.57. The van der Waals surface area contributed by atoms with Crippen molar-refractivity contribution in [2.75, 3.05) is 31.9 Å². The van der Waals surface area contributed by atoms with Gasteiger partial charge in [0.2, 0.25) is 5.91 Å². The molecule has 0 aliphatic carbocycles. The molecule has 0 spiro atoms. The summed E-state index contributed by atoms with van der Waals surface area (Å²) in [5.41, 5.74) is 0.488. The van der Waals surface area contributed by atoms with Gasteiger partial charge in [0.25, 0.3) is 0 Å². The number of hydrogen-bond acceptors (Lipinski definition) is 10. The Morgan fingerprint density at radius 1 is 1.30 bits per heavy atom. The molecule has 33 heavy (non-hydrogen) atoms. The van der Waals surface area contributed by atoms with E-state index in [0.717, 1.165) is 0 Å². The number of carbonyl (C=O) groups excluding carboxylic acids is 2. The number of fused-ring (bicyclic) bond motifs is 1. The highest BCUT2D eigenvalue weighted by Crippen LogP contribution is 2.34. The van der Waals surface area contributed by atoms with Crippen molar-refractivity contribution in [3.8, 4) is 0 Å². The normalized spacial score (nSPS) is 23.1. The Labute approximate surface area is 183 Å². The van der Waals surface area contributed by atoms with Crippen LogP contribution in [0.1, 0.15) is 13.2 Å². The van der Waals surface area contributed by atoms with Gasteiger partial charge in [0.05, 0.1) is 19.5 Å². The fourth-order valence-corrected chi connectivity index (χ4v) is 3.09. The summed E-state index contributed by atoms with van der Waals surface area (Å²) in [4.78, 5) is 34.4. The summed E-state index contributed by atoms with van der Waals surface area (Å²) in [6, 6.07) is 0. The number of nitrogens with zero attached hydrogens (tertiary/aromatic N) is 4.